The number of nitrogens with zero attached hydrogens (tertiary/aromatic N) is 1. The molecule has 5 N–H and O–H groups in total. The van der Waals surface area contributed by atoms with E-state index in [9.17, 15) is 0 Å². The van der Waals surface area contributed by atoms with Crippen LogP contribution in [0.4, 0.5) is 5.69 Å². The number of anilines is 1. The number of nitrogens with two attached hydrogens (primary N) is 2. The van der Waals surface area contributed by atoms with E-state index in [1.165, 1.54) is 0 Å². The van der Waals surface area contributed by atoms with Crippen LogP contribution in [0.3, 0.4) is 0 Å². The van der Waals surface area contributed by atoms with Crippen molar-refractivity contribution in [3.05, 3.63) is 23.8 Å². The Morgan fingerprint density at radius 2 is 2.33 bits per heavy atom. The lowest BCUT2D eigenvalue weighted by Gasteiger charge is -2.07. The Bertz CT molecular complexity index is 421. The average Bonchev–Trinajstić information content (AvgIpc) is 2.27. The molecule has 0 aliphatic carbocycles. The largest absolute Gasteiger partial charge is 0.481 e. The molecule has 0 atom stereocenters. The topological polar surface area (TPSA) is 93.9 Å². The van der Waals surface area contributed by atoms with Crippen LogP contribution < -0.4 is 16.2 Å². The number of rotatable bonds is 3. The summed E-state index contributed by atoms with van der Waals surface area (Å²) in [5.74, 6) is 2.78. The first-order valence-corrected chi connectivity index (χ1v) is 4.12. The number of nitrogen functional groups attached to an aromatic ring is 1. The lowest BCUT2D eigenvalue weighted by Crippen LogP contribution is -2.15. The van der Waals surface area contributed by atoms with Gasteiger partial charge in [-0.2, -0.15) is 0 Å². The molecule has 0 aliphatic rings. The van der Waals surface area contributed by atoms with Gasteiger partial charge in [-0.15, -0.1) is 6.42 Å². The maximum absolute atomic E-state index is 8.51. The molecule has 0 fully saturated rings. The molecule has 5 nitrogen and oxygen atoms in total. The van der Waals surface area contributed by atoms with Crippen LogP contribution >= 0.6 is 0 Å². The third-order valence-corrected chi connectivity index (χ3v) is 1.73. The summed E-state index contributed by atoms with van der Waals surface area (Å²) < 4.78 is 5.16. The van der Waals surface area contributed by atoms with Gasteiger partial charge >= 0.3 is 0 Å². The molecular formula is C10H11N3O2. The summed E-state index contributed by atoms with van der Waals surface area (Å²) in [4.78, 5) is 0. The molecule has 0 radical (unpaired) electrons. The van der Waals surface area contributed by atoms with Crippen LogP contribution in [-0.4, -0.2) is 17.6 Å². The highest BCUT2D eigenvalue weighted by Gasteiger charge is 2.06. The summed E-state index contributed by atoms with van der Waals surface area (Å²) in [7, 11) is 0. The molecule has 1 aromatic carbocycles. The van der Waals surface area contributed by atoms with E-state index in [0.29, 0.717) is 17.0 Å². The van der Waals surface area contributed by atoms with Crippen molar-refractivity contribution in [2.75, 3.05) is 12.3 Å². The quantitative estimate of drug-likeness (QED) is 0.166. The van der Waals surface area contributed by atoms with Gasteiger partial charge in [0.05, 0.1) is 0 Å². The number of hydrogen-bond acceptors (Lipinski definition) is 4. The second-order valence-electron chi connectivity index (χ2n) is 2.73. The molecule has 78 valence electrons. The fourth-order valence-corrected chi connectivity index (χ4v) is 1.03. The van der Waals surface area contributed by atoms with Gasteiger partial charge in [0.1, 0.15) is 12.4 Å². The normalized spacial score (nSPS) is 10.7. The van der Waals surface area contributed by atoms with Gasteiger partial charge in [0.15, 0.2) is 5.84 Å². The van der Waals surface area contributed by atoms with Crippen LogP contribution in [-0.2, 0) is 0 Å². The maximum atomic E-state index is 8.51. The zero-order chi connectivity index (χ0) is 11.3. The van der Waals surface area contributed by atoms with Crippen molar-refractivity contribution in [2.45, 2.75) is 0 Å². The average molecular weight is 205 g/mol. The van der Waals surface area contributed by atoms with E-state index >= 15 is 0 Å². The molecule has 0 saturated heterocycles. The van der Waals surface area contributed by atoms with Gasteiger partial charge in [-0.05, 0) is 18.2 Å². The summed E-state index contributed by atoms with van der Waals surface area (Å²) in [6, 6.07) is 4.81. The van der Waals surface area contributed by atoms with Gasteiger partial charge in [-0.25, -0.2) is 0 Å². The Morgan fingerprint density at radius 1 is 1.60 bits per heavy atom. The molecule has 0 spiro atoms. The SMILES string of the molecule is C#CCOc1ccc(N)c(C(N)=NO)c1. The molecule has 5 heteroatoms. The molecule has 0 unspecified atom stereocenters. The van der Waals surface area contributed by atoms with Crippen molar-refractivity contribution in [1.29, 1.82) is 0 Å². The number of ether oxygens (including phenoxy) is 1. The fraction of sp³-hybridized carbons (Fsp3) is 0.100. The first-order chi connectivity index (χ1) is 7.19. The molecular weight excluding hydrogens is 194 g/mol. The second kappa shape index (κ2) is 4.77. The van der Waals surface area contributed by atoms with Crippen molar-refractivity contribution in [3.8, 4) is 18.1 Å². The van der Waals surface area contributed by atoms with Crippen LogP contribution in [0.5, 0.6) is 5.75 Å². The van der Waals surface area contributed by atoms with Crippen molar-refractivity contribution in [3.63, 3.8) is 0 Å². The Labute approximate surface area is 87.3 Å². The third-order valence-electron chi connectivity index (χ3n) is 1.73. The van der Waals surface area contributed by atoms with E-state index < -0.39 is 0 Å². The molecule has 0 bridgehead atoms. The molecule has 0 aromatic heterocycles. The summed E-state index contributed by atoms with van der Waals surface area (Å²) in [5.41, 5.74) is 11.9. The number of benzene rings is 1. The van der Waals surface area contributed by atoms with Gasteiger partial charge in [-0.1, -0.05) is 11.1 Å². The fourth-order valence-electron chi connectivity index (χ4n) is 1.03. The highest BCUT2D eigenvalue weighted by atomic mass is 16.5. The molecule has 0 heterocycles. The molecule has 15 heavy (non-hydrogen) atoms. The maximum Gasteiger partial charge on any atom is 0.172 e. The van der Waals surface area contributed by atoms with E-state index in [-0.39, 0.29) is 12.4 Å². The first-order valence-electron chi connectivity index (χ1n) is 4.12. The predicted molar refractivity (Wildman–Crippen MR) is 57.7 cm³/mol. The lowest BCUT2D eigenvalue weighted by atomic mass is 10.1. The first kappa shape index (κ1) is 10.7. The molecule has 1 aromatic rings. The molecule has 1 rings (SSSR count). The van der Waals surface area contributed by atoms with Crippen LogP contribution in [0.15, 0.2) is 23.4 Å². The van der Waals surface area contributed by atoms with Gasteiger partial charge in [0.25, 0.3) is 0 Å². The summed E-state index contributed by atoms with van der Waals surface area (Å²) in [6.45, 7) is 0.152. The minimum Gasteiger partial charge on any atom is -0.481 e. The number of hydrogen-bond donors (Lipinski definition) is 3. The second-order valence-corrected chi connectivity index (χ2v) is 2.73. The molecule has 0 aliphatic heterocycles. The zero-order valence-corrected chi connectivity index (χ0v) is 7.97. The number of terminal acetylenes is 1. The predicted octanol–water partition coefficient (Wildman–Crippen LogP) is 0.375. The summed E-state index contributed by atoms with van der Waals surface area (Å²) in [5, 5.41) is 11.4. The van der Waals surface area contributed by atoms with E-state index in [4.69, 9.17) is 27.8 Å². The minimum atomic E-state index is -0.0707. The van der Waals surface area contributed by atoms with E-state index in [0.717, 1.165) is 0 Å². The Hall–Kier alpha value is -2.35. The Balaban J connectivity index is 3.01. The standard InChI is InChI=1S/C10H11N3O2/c1-2-5-15-7-3-4-9(11)8(6-7)10(12)13-14/h1,3-4,6,14H,5,11H2,(H2,12,13). The van der Waals surface area contributed by atoms with Crippen LogP contribution in [0, 0.1) is 12.3 Å². The van der Waals surface area contributed by atoms with Crippen LogP contribution in [0.1, 0.15) is 5.56 Å². The minimum absolute atomic E-state index is 0.0707. The Kier molecular flexibility index (Phi) is 3.41. The van der Waals surface area contributed by atoms with Crippen molar-refractivity contribution in [1.82, 2.24) is 0 Å². The van der Waals surface area contributed by atoms with E-state index in [1.807, 2.05) is 0 Å². The van der Waals surface area contributed by atoms with E-state index in [1.54, 1.807) is 18.2 Å². The van der Waals surface area contributed by atoms with Gasteiger partial charge in [-0.3, -0.25) is 0 Å². The highest BCUT2D eigenvalue weighted by molar-refractivity contribution is 6.01. The number of amidine groups is 1. The lowest BCUT2D eigenvalue weighted by molar-refractivity contribution is 0.318. The third kappa shape index (κ3) is 2.54. The van der Waals surface area contributed by atoms with E-state index in [2.05, 4.69) is 11.1 Å². The molecule has 0 saturated carbocycles. The van der Waals surface area contributed by atoms with Gasteiger partial charge in [0, 0.05) is 11.3 Å². The monoisotopic (exact) mass is 205 g/mol. The number of oxime groups is 1. The van der Waals surface area contributed by atoms with Gasteiger partial charge < -0.3 is 21.4 Å². The van der Waals surface area contributed by atoms with Crippen molar-refractivity contribution in [2.24, 2.45) is 10.9 Å². The smallest absolute Gasteiger partial charge is 0.172 e. The van der Waals surface area contributed by atoms with Crippen LogP contribution in [0.2, 0.25) is 0 Å². The van der Waals surface area contributed by atoms with Crippen molar-refractivity contribution >= 4 is 11.5 Å². The highest BCUT2D eigenvalue weighted by Crippen LogP contribution is 2.19. The Morgan fingerprint density at radius 3 is 2.93 bits per heavy atom. The molecule has 0 amide bonds. The summed E-state index contributed by atoms with van der Waals surface area (Å²) in [6.07, 6.45) is 5.04. The zero-order valence-electron chi connectivity index (χ0n) is 7.97. The summed E-state index contributed by atoms with van der Waals surface area (Å²) >= 11 is 0. The van der Waals surface area contributed by atoms with Crippen molar-refractivity contribution < 1.29 is 9.94 Å². The van der Waals surface area contributed by atoms with Gasteiger partial charge in [0.2, 0.25) is 0 Å². The van der Waals surface area contributed by atoms with Crippen LogP contribution in [0.25, 0.3) is 0 Å².